The van der Waals surface area contributed by atoms with Gasteiger partial charge in [0.1, 0.15) is 0 Å². The summed E-state index contributed by atoms with van der Waals surface area (Å²) in [4.78, 5) is 22.2. The Morgan fingerprint density at radius 2 is 1.94 bits per heavy atom. The number of carboxylic acid groups (broad SMARTS) is 1. The number of amides is 1. The molecule has 0 fully saturated rings. The van der Waals surface area contributed by atoms with Gasteiger partial charge in [-0.15, -0.1) is 0 Å². The zero-order valence-corrected chi connectivity index (χ0v) is 11.1. The van der Waals surface area contributed by atoms with Crippen molar-refractivity contribution in [3.05, 3.63) is 0 Å². The lowest BCUT2D eigenvalue weighted by atomic mass is 9.85. The molecule has 0 aliphatic rings. The highest BCUT2D eigenvalue weighted by Gasteiger charge is 2.25. The van der Waals surface area contributed by atoms with Crippen molar-refractivity contribution in [3.63, 3.8) is 0 Å². The Balaban J connectivity index is 3.96. The van der Waals surface area contributed by atoms with Gasteiger partial charge < -0.3 is 15.2 Å². The smallest absolute Gasteiger partial charge is 0.303 e. The van der Waals surface area contributed by atoms with Crippen LogP contribution in [0.4, 0.5) is 0 Å². The van der Waals surface area contributed by atoms with Crippen molar-refractivity contribution in [2.75, 3.05) is 20.3 Å². The highest BCUT2D eigenvalue weighted by atomic mass is 16.5. The molecule has 0 heterocycles. The van der Waals surface area contributed by atoms with E-state index >= 15 is 0 Å². The quantitative estimate of drug-likeness (QED) is 0.675. The molecule has 0 saturated carbocycles. The first-order valence-electron chi connectivity index (χ1n) is 5.74. The van der Waals surface area contributed by atoms with E-state index in [4.69, 9.17) is 9.84 Å². The highest BCUT2D eigenvalue weighted by Crippen LogP contribution is 2.24. The van der Waals surface area contributed by atoms with E-state index in [1.807, 2.05) is 6.92 Å². The number of carboxylic acids is 1. The molecule has 0 bridgehead atoms. The topological polar surface area (TPSA) is 75.6 Å². The minimum atomic E-state index is -0.879. The molecule has 2 N–H and O–H groups in total. The maximum Gasteiger partial charge on any atom is 0.303 e. The lowest BCUT2D eigenvalue weighted by Gasteiger charge is -2.22. The number of ether oxygens (including phenoxy) is 1. The first kappa shape index (κ1) is 15.9. The molecule has 1 unspecified atom stereocenters. The SMILES string of the molecule is COCC(C)CNC(=O)CC(C)(C)CC(=O)O. The third kappa shape index (κ3) is 8.68. The monoisotopic (exact) mass is 245 g/mol. The Bertz CT molecular complexity index is 263. The van der Waals surface area contributed by atoms with Gasteiger partial charge in [0.15, 0.2) is 0 Å². The summed E-state index contributed by atoms with van der Waals surface area (Å²) < 4.78 is 4.96. The first-order valence-corrected chi connectivity index (χ1v) is 5.74. The number of methoxy groups -OCH3 is 1. The summed E-state index contributed by atoms with van der Waals surface area (Å²) in [5.74, 6) is -0.735. The zero-order valence-electron chi connectivity index (χ0n) is 11.1. The van der Waals surface area contributed by atoms with Gasteiger partial charge in [0.05, 0.1) is 13.0 Å². The Morgan fingerprint density at radius 3 is 2.41 bits per heavy atom. The maximum atomic E-state index is 11.6. The molecule has 0 aliphatic heterocycles. The minimum Gasteiger partial charge on any atom is -0.481 e. The van der Waals surface area contributed by atoms with Gasteiger partial charge in [-0.05, 0) is 11.3 Å². The summed E-state index contributed by atoms with van der Waals surface area (Å²) in [7, 11) is 1.62. The number of hydrogen-bond donors (Lipinski definition) is 2. The van der Waals surface area contributed by atoms with Crippen molar-refractivity contribution < 1.29 is 19.4 Å². The van der Waals surface area contributed by atoms with Crippen LogP contribution >= 0.6 is 0 Å². The average Bonchev–Trinajstić information content (AvgIpc) is 2.12. The molecule has 0 spiro atoms. The van der Waals surface area contributed by atoms with Crippen LogP contribution in [0.1, 0.15) is 33.6 Å². The van der Waals surface area contributed by atoms with Gasteiger partial charge in [-0.3, -0.25) is 9.59 Å². The number of rotatable bonds is 8. The second kappa shape index (κ2) is 7.27. The van der Waals surface area contributed by atoms with Crippen LogP contribution in [0.5, 0.6) is 0 Å². The fourth-order valence-corrected chi connectivity index (χ4v) is 1.60. The number of nitrogens with one attached hydrogen (secondary N) is 1. The molecule has 0 rings (SSSR count). The van der Waals surface area contributed by atoms with E-state index in [1.54, 1.807) is 21.0 Å². The molecule has 17 heavy (non-hydrogen) atoms. The van der Waals surface area contributed by atoms with Crippen molar-refractivity contribution in [2.24, 2.45) is 11.3 Å². The van der Waals surface area contributed by atoms with Crippen LogP contribution in [-0.2, 0) is 14.3 Å². The summed E-state index contributed by atoms with van der Waals surface area (Å²) in [6, 6.07) is 0. The van der Waals surface area contributed by atoms with Crippen molar-refractivity contribution in [3.8, 4) is 0 Å². The van der Waals surface area contributed by atoms with Crippen LogP contribution in [0, 0.1) is 11.3 Å². The van der Waals surface area contributed by atoms with Gasteiger partial charge >= 0.3 is 5.97 Å². The average molecular weight is 245 g/mol. The van der Waals surface area contributed by atoms with E-state index in [0.29, 0.717) is 13.2 Å². The summed E-state index contributed by atoms with van der Waals surface area (Å²) >= 11 is 0. The van der Waals surface area contributed by atoms with Crippen molar-refractivity contribution in [2.45, 2.75) is 33.6 Å². The van der Waals surface area contributed by atoms with Gasteiger partial charge in [0.25, 0.3) is 0 Å². The van der Waals surface area contributed by atoms with Crippen LogP contribution in [0.2, 0.25) is 0 Å². The Morgan fingerprint density at radius 1 is 1.35 bits per heavy atom. The maximum absolute atomic E-state index is 11.6. The molecular weight excluding hydrogens is 222 g/mol. The van der Waals surface area contributed by atoms with Gasteiger partial charge in [0.2, 0.25) is 5.91 Å². The molecule has 0 radical (unpaired) electrons. The molecule has 0 aliphatic carbocycles. The molecule has 1 amide bonds. The summed E-state index contributed by atoms with van der Waals surface area (Å²) in [6.45, 7) is 6.68. The Kier molecular flexibility index (Phi) is 6.80. The van der Waals surface area contributed by atoms with E-state index in [-0.39, 0.29) is 24.7 Å². The Labute approximate surface area is 103 Å². The van der Waals surface area contributed by atoms with Crippen LogP contribution < -0.4 is 5.32 Å². The summed E-state index contributed by atoms with van der Waals surface area (Å²) in [5.41, 5.74) is -0.513. The highest BCUT2D eigenvalue weighted by molar-refractivity contribution is 5.77. The molecule has 5 nitrogen and oxygen atoms in total. The van der Waals surface area contributed by atoms with E-state index in [9.17, 15) is 9.59 Å². The van der Waals surface area contributed by atoms with E-state index < -0.39 is 11.4 Å². The predicted molar refractivity (Wildman–Crippen MR) is 64.7 cm³/mol. The Hall–Kier alpha value is -1.10. The van der Waals surface area contributed by atoms with Crippen molar-refractivity contribution >= 4 is 11.9 Å². The molecule has 100 valence electrons. The largest absolute Gasteiger partial charge is 0.481 e. The number of carbonyl (C=O) groups excluding carboxylic acids is 1. The minimum absolute atomic E-state index is 0.00591. The number of hydrogen-bond acceptors (Lipinski definition) is 3. The first-order chi connectivity index (χ1) is 7.76. The molecule has 5 heteroatoms. The molecule has 0 aromatic rings. The zero-order chi connectivity index (χ0) is 13.5. The predicted octanol–water partition coefficient (Wildman–Crippen LogP) is 1.28. The van der Waals surface area contributed by atoms with Gasteiger partial charge in [0, 0.05) is 20.1 Å². The molecule has 0 aromatic heterocycles. The van der Waals surface area contributed by atoms with Crippen LogP contribution in [-0.4, -0.2) is 37.2 Å². The normalized spacial score (nSPS) is 13.2. The fraction of sp³-hybridized carbons (Fsp3) is 0.833. The van der Waals surface area contributed by atoms with Gasteiger partial charge in [-0.1, -0.05) is 20.8 Å². The molecule has 0 aromatic carbocycles. The standard InChI is InChI=1S/C12H23NO4/c1-9(8-17-4)7-13-10(14)5-12(2,3)6-11(15)16/h9H,5-8H2,1-4H3,(H,13,14)(H,15,16). The van der Waals surface area contributed by atoms with Crippen molar-refractivity contribution in [1.82, 2.24) is 5.32 Å². The van der Waals surface area contributed by atoms with Crippen LogP contribution in [0.3, 0.4) is 0 Å². The van der Waals surface area contributed by atoms with E-state index in [0.717, 1.165) is 0 Å². The van der Waals surface area contributed by atoms with E-state index in [2.05, 4.69) is 5.32 Å². The van der Waals surface area contributed by atoms with E-state index in [1.165, 1.54) is 0 Å². The fourth-order valence-electron chi connectivity index (χ4n) is 1.60. The van der Waals surface area contributed by atoms with Gasteiger partial charge in [-0.2, -0.15) is 0 Å². The summed E-state index contributed by atoms with van der Waals surface area (Å²) in [5, 5.41) is 11.5. The lowest BCUT2D eigenvalue weighted by Crippen LogP contribution is -2.33. The third-order valence-electron chi connectivity index (χ3n) is 2.37. The number of aliphatic carboxylic acids is 1. The van der Waals surface area contributed by atoms with Crippen LogP contribution in [0.25, 0.3) is 0 Å². The second-order valence-corrected chi connectivity index (χ2v) is 5.28. The summed E-state index contributed by atoms with van der Waals surface area (Å²) in [6.07, 6.45) is 0.215. The molecular formula is C12H23NO4. The second-order valence-electron chi connectivity index (χ2n) is 5.28. The van der Waals surface area contributed by atoms with Crippen molar-refractivity contribution in [1.29, 1.82) is 0 Å². The van der Waals surface area contributed by atoms with Crippen LogP contribution in [0.15, 0.2) is 0 Å². The molecule has 1 atom stereocenters. The number of carbonyl (C=O) groups is 2. The third-order valence-corrected chi connectivity index (χ3v) is 2.37. The molecule has 0 saturated heterocycles. The van der Waals surface area contributed by atoms with Gasteiger partial charge in [-0.25, -0.2) is 0 Å². The lowest BCUT2D eigenvalue weighted by molar-refractivity contribution is -0.139.